The third kappa shape index (κ3) is 4.79. The average Bonchev–Trinajstić information content (AvgIpc) is 2.18. The Labute approximate surface area is 120 Å². The van der Waals surface area contributed by atoms with Crippen LogP contribution in [-0.4, -0.2) is 31.4 Å². The highest BCUT2D eigenvalue weighted by Crippen LogP contribution is 2.31. The van der Waals surface area contributed by atoms with E-state index in [-0.39, 0.29) is 17.5 Å². The molecule has 1 aromatic carbocycles. The molecule has 1 unspecified atom stereocenters. The molecule has 19 heavy (non-hydrogen) atoms. The van der Waals surface area contributed by atoms with Crippen molar-refractivity contribution < 1.29 is 13.3 Å². The van der Waals surface area contributed by atoms with E-state index in [4.69, 9.17) is 0 Å². The summed E-state index contributed by atoms with van der Waals surface area (Å²) in [5.41, 5.74) is 1.05. The van der Waals surface area contributed by atoms with Crippen molar-refractivity contribution in [2.45, 2.75) is 19.9 Å². The Balaban J connectivity index is 3.01. The normalized spacial score (nSPS) is 13.1. The van der Waals surface area contributed by atoms with Crippen LogP contribution < -0.4 is 5.32 Å². The summed E-state index contributed by atoms with van der Waals surface area (Å²) >= 11 is 3.30. The lowest BCUT2D eigenvalue weighted by molar-refractivity contribution is -0.385. The van der Waals surface area contributed by atoms with E-state index in [2.05, 4.69) is 21.2 Å². The molecule has 0 aliphatic heterocycles. The Morgan fingerprint density at radius 1 is 1.47 bits per heavy atom. The van der Waals surface area contributed by atoms with Crippen LogP contribution in [0.1, 0.15) is 12.5 Å². The lowest BCUT2D eigenvalue weighted by atomic mass is 10.2. The topological polar surface area (TPSA) is 89.3 Å². The van der Waals surface area contributed by atoms with Gasteiger partial charge >= 0.3 is 0 Å². The van der Waals surface area contributed by atoms with Gasteiger partial charge in [-0.2, -0.15) is 0 Å². The van der Waals surface area contributed by atoms with E-state index in [0.29, 0.717) is 15.7 Å². The van der Waals surface area contributed by atoms with Crippen molar-refractivity contribution in [3.05, 3.63) is 32.3 Å². The average molecular weight is 351 g/mol. The molecule has 1 atom stereocenters. The van der Waals surface area contributed by atoms with E-state index in [1.807, 2.05) is 0 Å². The van der Waals surface area contributed by atoms with E-state index < -0.39 is 14.8 Å². The zero-order valence-corrected chi connectivity index (χ0v) is 13.2. The van der Waals surface area contributed by atoms with Crippen LogP contribution in [0.25, 0.3) is 0 Å². The number of nitro groups is 1. The molecule has 0 fully saturated rings. The van der Waals surface area contributed by atoms with Gasteiger partial charge in [0, 0.05) is 28.4 Å². The molecule has 0 aromatic heterocycles. The predicted octanol–water partition coefficient (Wildman–Crippen LogP) is 2.51. The number of anilines is 1. The van der Waals surface area contributed by atoms with Gasteiger partial charge < -0.3 is 5.32 Å². The van der Waals surface area contributed by atoms with Crippen LogP contribution in [0.15, 0.2) is 16.6 Å². The van der Waals surface area contributed by atoms with E-state index in [9.17, 15) is 18.5 Å². The number of aryl methyl sites for hydroxylation is 1. The fraction of sp³-hybridized carbons (Fsp3) is 0.455. The predicted molar refractivity (Wildman–Crippen MR) is 78.3 cm³/mol. The molecule has 1 N–H and O–H groups in total. The van der Waals surface area contributed by atoms with Crippen LogP contribution in [0.4, 0.5) is 11.4 Å². The SMILES string of the molecule is Cc1cc(Br)c(NC(C)CS(C)(=O)=O)cc1[N+](=O)[O-]. The maximum atomic E-state index is 11.2. The second-order valence-electron chi connectivity index (χ2n) is 4.51. The van der Waals surface area contributed by atoms with Gasteiger partial charge in [0.25, 0.3) is 5.69 Å². The van der Waals surface area contributed by atoms with Crippen molar-refractivity contribution in [2.24, 2.45) is 0 Å². The first-order valence-corrected chi connectivity index (χ1v) is 8.34. The van der Waals surface area contributed by atoms with Gasteiger partial charge in [-0.05, 0) is 35.8 Å². The number of halogens is 1. The molecular weight excluding hydrogens is 336 g/mol. The van der Waals surface area contributed by atoms with Gasteiger partial charge in [-0.25, -0.2) is 8.42 Å². The van der Waals surface area contributed by atoms with Crippen LogP contribution in [0.3, 0.4) is 0 Å². The van der Waals surface area contributed by atoms with E-state index in [1.54, 1.807) is 19.9 Å². The number of benzene rings is 1. The minimum Gasteiger partial charge on any atom is -0.380 e. The second-order valence-corrected chi connectivity index (χ2v) is 7.55. The smallest absolute Gasteiger partial charge is 0.274 e. The number of hydrogen-bond donors (Lipinski definition) is 1. The van der Waals surface area contributed by atoms with Crippen molar-refractivity contribution in [2.75, 3.05) is 17.3 Å². The van der Waals surface area contributed by atoms with Gasteiger partial charge in [-0.1, -0.05) is 0 Å². The van der Waals surface area contributed by atoms with Crippen LogP contribution in [0.5, 0.6) is 0 Å². The molecule has 0 aliphatic rings. The highest BCUT2D eigenvalue weighted by Gasteiger charge is 2.17. The lowest BCUT2D eigenvalue weighted by Crippen LogP contribution is -2.25. The fourth-order valence-corrected chi connectivity index (χ4v) is 3.29. The molecule has 1 aromatic rings. The van der Waals surface area contributed by atoms with Crippen molar-refractivity contribution in [1.82, 2.24) is 0 Å². The number of nitro benzene ring substituents is 1. The minimum atomic E-state index is -3.10. The molecule has 0 heterocycles. The first-order chi connectivity index (χ1) is 8.60. The zero-order chi connectivity index (χ0) is 14.8. The summed E-state index contributed by atoms with van der Waals surface area (Å²) in [6, 6.07) is 2.69. The van der Waals surface area contributed by atoms with Crippen LogP contribution in [-0.2, 0) is 9.84 Å². The zero-order valence-electron chi connectivity index (χ0n) is 10.8. The Kier molecular flexibility index (Phi) is 4.92. The molecule has 6 nitrogen and oxygen atoms in total. The summed E-state index contributed by atoms with van der Waals surface area (Å²) < 4.78 is 23.0. The number of nitrogens with one attached hydrogen (secondary N) is 1. The summed E-state index contributed by atoms with van der Waals surface area (Å²) in [4.78, 5) is 10.4. The maximum absolute atomic E-state index is 11.2. The Morgan fingerprint density at radius 2 is 2.05 bits per heavy atom. The molecule has 0 saturated heterocycles. The van der Waals surface area contributed by atoms with Crippen LogP contribution in [0, 0.1) is 17.0 Å². The quantitative estimate of drug-likeness (QED) is 0.650. The lowest BCUT2D eigenvalue weighted by Gasteiger charge is -2.16. The maximum Gasteiger partial charge on any atom is 0.274 e. The van der Waals surface area contributed by atoms with E-state index in [0.717, 1.165) is 6.26 Å². The third-order valence-corrected chi connectivity index (χ3v) is 4.20. The van der Waals surface area contributed by atoms with Crippen LogP contribution >= 0.6 is 15.9 Å². The second kappa shape index (κ2) is 5.87. The van der Waals surface area contributed by atoms with Gasteiger partial charge in [0.05, 0.1) is 16.4 Å². The Bertz CT molecular complexity index is 601. The molecule has 106 valence electrons. The molecule has 0 radical (unpaired) electrons. The number of rotatable bonds is 5. The van der Waals surface area contributed by atoms with Gasteiger partial charge in [0.1, 0.15) is 9.84 Å². The standard InChI is InChI=1S/C11H15BrN2O4S/c1-7-4-9(12)10(5-11(7)14(15)16)13-8(2)6-19(3,17)18/h4-5,8,13H,6H2,1-3H3. The van der Waals surface area contributed by atoms with Gasteiger partial charge in [-0.3, -0.25) is 10.1 Å². The third-order valence-electron chi connectivity index (χ3n) is 2.44. The molecule has 1 rings (SSSR count). The summed E-state index contributed by atoms with van der Waals surface area (Å²) in [5, 5.41) is 13.8. The molecule has 0 saturated carbocycles. The van der Waals surface area contributed by atoms with Gasteiger partial charge in [0.2, 0.25) is 0 Å². The summed E-state index contributed by atoms with van der Waals surface area (Å²) in [6.45, 7) is 3.35. The first kappa shape index (κ1) is 15.9. The molecule has 0 amide bonds. The summed E-state index contributed by atoms with van der Waals surface area (Å²) in [7, 11) is -3.10. The largest absolute Gasteiger partial charge is 0.380 e. The molecule has 0 spiro atoms. The van der Waals surface area contributed by atoms with Crippen molar-refractivity contribution >= 4 is 37.1 Å². The number of sulfone groups is 1. The van der Waals surface area contributed by atoms with Crippen molar-refractivity contribution in [3.8, 4) is 0 Å². The number of nitrogens with zero attached hydrogens (tertiary/aromatic N) is 1. The van der Waals surface area contributed by atoms with Gasteiger partial charge in [0.15, 0.2) is 0 Å². The minimum absolute atomic E-state index is 0.00254. The highest BCUT2D eigenvalue weighted by molar-refractivity contribution is 9.10. The Hall–Kier alpha value is -1.15. The fourth-order valence-electron chi connectivity index (χ4n) is 1.73. The summed E-state index contributed by atoms with van der Waals surface area (Å²) in [5.74, 6) is -0.0406. The summed E-state index contributed by atoms with van der Waals surface area (Å²) in [6.07, 6.45) is 1.15. The first-order valence-electron chi connectivity index (χ1n) is 5.49. The monoisotopic (exact) mass is 350 g/mol. The highest BCUT2D eigenvalue weighted by atomic mass is 79.9. The number of hydrogen-bond acceptors (Lipinski definition) is 5. The molecule has 0 aliphatic carbocycles. The van der Waals surface area contributed by atoms with Crippen molar-refractivity contribution in [3.63, 3.8) is 0 Å². The van der Waals surface area contributed by atoms with E-state index >= 15 is 0 Å². The van der Waals surface area contributed by atoms with Crippen LogP contribution in [0.2, 0.25) is 0 Å². The van der Waals surface area contributed by atoms with Crippen molar-refractivity contribution in [1.29, 1.82) is 0 Å². The van der Waals surface area contributed by atoms with Gasteiger partial charge in [-0.15, -0.1) is 0 Å². The molecule has 8 heteroatoms. The Morgan fingerprint density at radius 3 is 2.53 bits per heavy atom. The van der Waals surface area contributed by atoms with E-state index in [1.165, 1.54) is 6.07 Å². The molecule has 0 bridgehead atoms. The molecular formula is C11H15BrN2O4S.